The third-order valence-electron chi connectivity index (χ3n) is 11.5. The second-order valence-corrected chi connectivity index (χ2v) is 17.4. The molecule has 0 aromatic rings. The number of ether oxygens (including phenoxy) is 3. The average molecular weight is 817 g/mol. The van der Waals surface area contributed by atoms with E-state index in [-0.39, 0.29) is 25.2 Å². The van der Waals surface area contributed by atoms with Crippen LogP contribution < -0.4 is 0 Å². The summed E-state index contributed by atoms with van der Waals surface area (Å²) in [7, 11) is 0. The standard InChI is InChI=1S/C53H100O5/c1-4-7-10-13-16-19-21-23-25-26-27-28-30-31-33-35-37-40-43-46-52(54)57-50-51(49-56-48-45-42-39-18-15-12-9-6-3)58-53(55)47-44-41-38-36-34-32-29-24-22-20-17-14-11-8-5-2/h17,20,24,29,51H,4-16,18-19,21-23,25-28,30-50H2,1-3H3/b20-17-,29-24-. The highest BCUT2D eigenvalue weighted by Gasteiger charge is 2.17. The van der Waals surface area contributed by atoms with E-state index >= 15 is 0 Å². The number of rotatable bonds is 48. The molecule has 0 aromatic heterocycles. The van der Waals surface area contributed by atoms with Crippen molar-refractivity contribution < 1.29 is 23.8 Å². The molecule has 0 fully saturated rings. The Labute approximate surface area is 362 Å². The minimum atomic E-state index is -0.534. The Morgan fingerprint density at radius 2 is 0.724 bits per heavy atom. The fraction of sp³-hybridized carbons (Fsp3) is 0.887. The highest BCUT2D eigenvalue weighted by atomic mass is 16.6. The molecule has 0 rings (SSSR count). The summed E-state index contributed by atoms with van der Waals surface area (Å²) in [6.07, 6.45) is 57.6. The molecule has 0 bridgehead atoms. The van der Waals surface area contributed by atoms with Crippen molar-refractivity contribution in [3.05, 3.63) is 24.3 Å². The maximum Gasteiger partial charge on any atom is 0.306 e. The van der Waals surface area contributed by atoms with Crippen LogP contribution in [0.25, 0.3) is 0 Å². The Morgan fingerprint density at radius 1 is 0.379 bits per heavy atom. The third-order valence-corrected chi connectivity index (χ3v) is 11.5. The number of hydrogen-bond acceptors (Lipinski definition) is 5. The minimum absolute atomic E-state index is 0.0866. The first-order valence-corrected chi connectivity index (χ1v) is 25.9. The summed E-state index contributed by atoms with van der Waals surface area (Å²) in [5.41, 5.74) is 0. The van der Waals surface area contributed by atoms with Gasteiger partial charge in [-0.25, -0.2) is 0 Å². The smallest absolute Gasteiger partial charge is 0.306 e. The topological polar surface area (TPSA) is 61.8 Å². The van der Waals surface area contributed by atoms with Crippen LogP contribution in [0.2, 0.25) is 0 Å². The van der Waals surface area contributed by atoms with Crippen LogP contribution in [0, 0.1) is 0 Å². The van der Waals surface area contributed by atoms with Crippen molar-refractivity contribution in [2.24, 2.45) is 0 Å². The van der Waals surface area contributed by atoms with Gasteiger partial charge < -0.3 is 14.2 Å². The lowest BCUT2D eigenvalue weighted by Gasteiger charge is -2.18. The van der Waals surface area contributed by atoms with Gasteiger partial charge in [0, 0.05) is 19.4 Å². The van der Waals surface area contributed by atoms with E-state index in [1.807, 2.05) is 0 Å². The minimum Gasteiger partial charge on any atom is -0.462 e. The molecule has 0 spiro atoms. The zero-order valence-corrected chi connectivity index (χ0v) is 39.3. The lowest BCUT2D eigenvalue weighted by molar-refractivity contribution is -0.163. The quantitative estimate of drug-likeness (QED) is 0.0348. The average Bonchev–Trinajstić information content (AvgIpc) is 3.22. The Kier molecular flexibility index (Phi) is 48.4. The Balaban J connectivity index is 4.11. The van der Waals surface area contributed by atoms with Crippen molar-refractivity contribution in [3.8, 4) is 0 Å². The van der Waals surface area contributed by atoms with Gasteiger partial charge in [-0.3, -0.25) is 9.59 Å². The predicted octanol–water partition coefficient (Wildman–Crippen LogP) is 17.2. The van der Waals surface area contributed by atoms with Crippen molar-refractivity contribution in [1.82, 2.24) is 0 Å². The van der Waals surface area contributed by atoms with Gasteiger partial charge in [0.2, 0.25) is 0 Å². The Hall–Kier alpha value is -1.62. The molecule has 0 N–H and O–H groups in total. The fourth-order valence-electron chi connectivity index (χ4n) is 7.60. The lowest BCUT2D eigenvalue weighted by Crippen LogP contribution is -2.30. The van der Waals surface area contributed by atoms with E-state index < -0.39 is 6.10 Å². The van der Waals surface area contributed by atoms with Gasteiger partial charge in [-0.2, -0.15) is 0 Å². The van der Waals surface area contributed by atoms with E-state index in [0.29, 0.717) is 19.4 Å². The van der Waals surface area contributed by atoms with Crippen molar-refractivity contribution in [2.45, 2.75) is 284 Å². The molecule has 0 saturated carbocycles. The summed E-state index contributed by atoms with van der Waals surface area (Å²) in [5, 5.41) is 0. The maximum absolute atomic E-state index is 12.7. The number of hydrogen-bond donors (Lipinski definition) is 0. The Bertz CT molecular complexity index is 882. The largest absolute Gasteiger partial charge is 0.462 e. The van der Waals surface area contributed by atoms with E-state index in [1.54, 1.807) is 0 Å². The molecule has 0 heterocycles. The number of unbranched alkanes of at least 4 members (excludes halogenated alkanes) is 33. The van der Waals surface area contributed by atoms with E-state index in [0.717, 1.165) is 57.8 Å². The van der Waals surface area contributed by atoms with Gasteiger partial charge >= 0.3 is 11.9 Å². The summed E-state index contributed by atoms with van der Waals surface area (Å²) in [6, 6.07) is 0. The van der Waals surface area contributed by atoms with Crippen LogP contribution in [0.1, 0.15) is 278 Å². The molecule has 0 aliphatic carbocycles. The van der Waals surface area contributed by atoms with Gasteiger partial charge in [-0.05, 0) is 51.4 Å². The van der Waals surface area contributed by atoms with Crippen molar-refractivity contribution in [3.63, 3.8) is 0 Å². The predicted molar refractivity (Wildman–Crippen MR) is 252 cm³/mol. The Morgan fingerprint density at radius 3 is 1.17 bits per heavy atom. The molecule has 1 atom stereocenters. The molecule has 5 nitrogen and oxygen atoms in total. The number of carbonyl (C=O) groups is 2. The fourth-order valence-corrected chi connectivity index (χ4v) is 7.60. The van der Waals surface area contributed by atoms with Crippen LogP contribution in [0.4, 0.5) is 0 Å². The van der Waals surface area contributed by atoms with E-state index in [2.05, 4.69) is 45.1 Å². The zero-order valence-electron chi connectivity index (χ0n) is 39.3. The third kappa shape index (κ3) is 47.1. The van der Waals surface area contributed by atoms with Crippen molar-refractivity contribution >= 4 is 11.9 Å². The summed E-state index contributed by atoms with van der Waals surface area (Å²) >= 11 is 0. The summed E-state index contributed by atoms with van der Waals surface area (Å²) < 4.78 is 17.3. The van der Waals surface area contributed by atoms with Crippen LogP contribution >= 0.6 is 0 Å². The first-order valence-electron chi connectivity index (χ1n) is 25.9. The first-order chi connectivity index (χ1) is 28.6. The van der Waals surface area contributed by atoms with E-state index in [9.17, 15) is 9.59 Å². The summed E-state index contributed by atoms with van der Waals surface area (Å²) in [6.45, 7) is 7.82. The summed E-state index contributed by atoms with van der Waals surface area (Å²) in [5.74, 6) is -0.397. The molecule has 0 aliphatic rings. The molecule has 0 saturated heterocycles. The molecular formula is C53H100O5. The first kappa shape index (κ1) is 56.4. The molecule has 1 unspecified atom stereocenters. The lowest BCUT2D eigenvalue weighted by atomic mass is 10.0. The highest BCUT2D eigenvalue weighted by molar-refractivity contribution is 5.70. The van der Waals surface area contributed by atoms with Gasteiger partial charge in [0.05, 0.1) is 6.61 Å². The number of allylic oxidation sites excluding steroid dienone is 4. The summed E-state index contributed by atoms with van der Waals surface area (Å²) in [4.78, 5) is 25.3. The van der Waals surface area contributed by atoms with Gasteiger partial charge in [-0.1, -0.05) is 238 Å². The molecule has 0 radical (unpaired) electrons. The van der Waals surface area contributed by atoms with Crippen LogP contribution in [0.3, 0.4) is 0 Å². The van der Waals surface area contributed by atoms with E-state index in [1.165, 1.54) is 186 Å². The molecule has 342 valence electrons. The van der Waals surface area contributed by atoms with Crippen molar-refractivity contribution in [1.29, 1.82) is 0 Å². The molecular weight excluding hydrogens is 717 g/mol. The van der Waals surface area contributed by atoms with Crippen LogP contribution in [0.15, 0.2) is 24.3 Å². The normalized spacial score (nSPS) is 12.3. The van der Waals surface area contributed by atoms with Crippen molar-refractivity contribution in [2.75, 3.05) is 19.8 Å². The second kappa shape index (κ2) is 49.7. The second-order valence-electron chi connectivity index (χ2n) is 17.4. The highest BCUT2D eigenvalue weighted by Crippen LogP contribution is 2.16. The molecule has 5 heteroatoms. The molecule has 0 aromatic carbocycles. The zero-order chi connectivity index (χ0) is 42.1. The SMILES string of the molecule is CCCCC/C=C\C/C=C\CCCCCCCC(=O)OC(COCCCCCCCCCC)COC(=O)CCCCCCCCCCCCCCCCCCCCC. The van der Waals surface area contributed by atoms with Gasteiger partial charge in [-0.15, -0.1) is 0 Å². The van der Waals surface area contributed by atoms with E-state index in [4.69, 9.17) is 14.2 Å². The number of carbonyl (C=O) groups excluding carboxylic acids is 2. The van der Waals surface area contributed by atoms with Gasteiger partial charge in [0.1, 0.15) is 6.61 Å². The molecule has 0 amide bonds. The molecule has 58 heavy (non-hydrogen) atoms. The maximum atomic E-state index is 12.7. The molecule has 0 aliphatic heterocycles. The van der Waals surface area contributed by atoms with Gasteiger partial charge in [0.25, 0.3) is 0 Å². The van der Waals surface area contributed by atoms with Crippen LogP contribution in [0.5, 0.6) is 0 Å². The van der Waals surface area contributed by atoms with Crippen LogP contribution in [-0.4, -0.2) is 37.9 Å². The monoisotopic (exact) mass is 817 g/mol. The number of esters is 2. The van der Waals surface area contributed by atoms with Crippen LogP contribution in [-0.2, 0) is 23.8 Å². The van der Waals surface area contributed by atoms with Gasteiger partial charge in [0.15, 0.2) is 6.10 Å².